The molecule has 1 fully saturated rings. The van der Waals surface area contributed by atoms with Crippen LogP contribution in [-0.2, 0) is 5.41 Å². The number of hydrogen-bond donors (Lipinski definition) is 2. The molecule has 3 aromatic rings. The molecule has 1 heterocycles. The van der Waals surface area contributed by atoms with Gasteiger partial charge >= 0.3 is 0 Å². The first-order valence-electron chi connectivity index (χ1n) is 13.5. The summed E-state index contributed by atoms with van der Waals surface area (Å²) in [5, 5.41) is 15.4. The molecule has 41 heavy (non-hydrogen) atoms. The number of aryl methyl sites for hydroxylation is 1. The summed E-state index contributed by atoms with van der Waals surface area (Å²) in [6.45, 7) is 7.84. The topological polar surface area (TPSA) is 104 Å². The lowest BCUT2D eigenvalue weighted by Crippen LogP contribution is -2.40. The molecule has 7 nitrogen and oxygen atoms in total. The second-order valence-electron chi connectivity index (χ2n) is 11.5. The van der Waals surface area contributed by atoms with Crippen molar-refractivity contribution in [1.29, 1.82) is 5.26 Å². The molecule has 9 heteroatoms. The smallest absolute Gasteiger partial charge is 0.259 e. The number of ether oxygens (including phenoxy) is 1. The number of rotatable bonds is 6. The van der Waals surface area contributed by atoms with Gasteiger partial charge in [0.2, 0.25) is 5.92 Å². The van der Waals surface area contributed by atoms with Gasteiger partial charge in [0, 0.05) is 35.7 Å². The Morgan fingerprint density at radius 1 is 1.07 bits per heavy atom. The normalized spacial score (nSPS) is 15.1. The molecule has 214 valence electrons. The standard InChI is InChI=1S/C32H34F2N4O3/c1-19-26(20-6-8-21(9-7-20)29(39)37-24-10-12-32(33,34)13-11-24)16-25(18-36-19)38-30(40)27-15-23(31(2,3)4)14-22(17-35)28(27)41-5/h6-9,14-16,18,24H,10-13H2,1-5H3,(H,37,39)(H,38,40). The Labute approximate surface area is 238 Å². The van der Waals surface area contributed by atoms with E-state index in [1.54, 1.807) is 48.7 Å². The molecule has 0 atom stereocenters. The Hall–Kier alpha value is -4.32. The van der Waals surface area contributed by atoms with Crippen LogP contribution in [0.2, 0.25) is 0 Å². The van der Waals surface area contributed by atoms with Gasteiger partial charge in [-0.1, -0.05) is 32.9 Å². The number of aromatic nitrogens is 1. The largest absolute Gasteiger partial charge is 0.495 e. The van der Waals surface area contributed by atoms with Gasteiger partial charge in [-0.15, -0.1) is 0 Å². The van der Waals surface area contributed by atoms with Crippen molar-refractivity contribution in [2.45, 2.75) is 70.8 Å². The molecule has 1 aliphatic rings. The van der Waals surface area contributed by atoms with Crippen LogP contribution in [0.5, 0.6) is 5.75 Å². The minimum Gasteiger partial charge on any atom is -0.495 e. The van der Waals surface area contributed by atoms with E-state index in [-0.39, 0.29) is 59.9 Å². The Morgan fingerprint density at radius 2 is 1.73 bits per heavy atom. The van der Waals surface area contributed by atoms with Crippen LogP contribution in [0.25, 0.3) is 11.1 Å². The monoisotopic (exact) mass is 560 g/mol. The summed E-state index contributed by atoms with van der Waals surface area (Å²) in [6.07, 6.45) is 1.63. The fraction of sp³-hybridized carbons (Fsp3) is 0.375. The number of nitriles is 1. The number of alkyl halides is 2. The number of benzene rings is 2. The van der Waals surface area contributed by atoms with Gasteiger partial charge < -0.3 is 15.4 Å². The van der Waals surface area contributed by atoms with Crippen LogP contribution in [0.4, 0.5) is 14.5 Å². The molecule has 1 aromatic heterocycles. The molecule has 0 saturated heterocycles. The predicted octanol–water partition coefficient (Wildman–Crippen LogP) is 6.79. The highest BCUT2D eigenvalue weighted by Gasteiger charge is 2.35. The first-order valence-corrected chi connectivity index (χ1v) is 13.5. The first kappa shape index (κ1) is 29.7. The van der Waals surface area contributed by atoms with Crippen molar-refractivity contribution in [2.75, 3.05) is 12.4 Å². The fourth-order valence-corrected chi connectivity index (χ4v) is 4.88. The molecule has 1 aliphatic carbocycles. The lowest BCUT2D eigenvalue weighted by molar-refractivity contribution is -0.0399. The average Bonchev–Trinajstić information content (AvgIpc) is 2.93. The summed E-state index contributed by atoms with van der Waals surface area (Å²) in [5.74, 6) is -3.18. The maximum atomic E-state index is 13.4. The van der Waals surface area contributed by atoms with Gasteiger partial charge in [-0.3, -0.25) is 14.6 Å². The molecule has 0 spiro atoms. The number of halogens is 2. The van der Waals surface area contributed by atoms with E-state index in [0.29, 0.717) is 11.3 Å². The van der Waals surface area contributed by atoms with E-state index in [9.17, 15) is 23.6 Å². The summed E-state index contributed by atoms with van der Waals surface area (Å²) in [7, 11) is 1.42. The molecule has 4 rings (SSSR count). The third-order valence-electron chi connectivity index (χ3n) is 7.38. The van der Waals surface area contributed by atoms with Crippen molar-refractivity contribution in [3.05, 3.63) is 76.6 Å². The molecule has 0 bridgehead atoms. The molecule has 2 amide bonds. The van der Waals surface area contributed by atoms with E-state index in [1.165, 1.54) is 7.11 Å². The number of hydrogen-bond acceptors (Lipinski definition) is 5. The van der Waals surface area contributed by atoms with Crippen molar-refractivity contribution in [1.82, 2.24) is 10.3 Å². The molecular weight excluding hydrogens is 526 g/mol. The Bertz CT molecular complexity index is 1500. The maximum absolute atomic E-state index is 13.4. The summed E-state index contributed by atoms with van der Waals surface area (Å²) in [4.78, 5) is 30.5. The summed E-state index contributed by atoms with van der Waals surface area (Å²) in [6, 6.07) is 14.1. The van der Waals surface area contributed by atoms with Crippen LogP contribution < -0.4 is 15.4 Å². The number of nitrogens with zero attached hydrogens (tertiary/aromatic N) is 2. The molecule has 0 unspecified atom stereocenters. The number of nitrogens with one attached hydrogen (secondary N) is 2. The second-order valence-corrected chi connectivity index (χ2v) is 11.5. The number of carbonyl (C=O) groups is 2. The zero-order valence-corrected chi connectivity index (χ0v) is 23.9. The fourth-order valence-electron chi connectivity index (χ4n) is 4.88. The van der Waals surface area contributed by atoms with E-state index in [4.69, 9.17) is 4.74 Å². The Morgan fingerprint density at radius 3 is 2.32 bits per heavy atom. The van der Waals surface area contributed by atoms with Crippen molar-refractivity contribution in [3.8, 4) is 22.9 Å². The number of methoxy groups -OCH3 is 1. The number of amides is 2. The van der Waals surface area contributed by atoms with Gasteiger partial charge in [0.25, 0.3) is 11.8 Å². The Kier molecular flexibility index (Phi) is 8.43. The molecule has 0 radical (unpaired) electrons. The molecule has 0 aliphatic heterocycles. The quantitative estimate of drug-likeness (QED) is 0.345. The SMILES string of the molecule is COc1c(C#N)cc(C(C)(C)C)cc1C(=O)Nc1cnc(C)c(-c2ccc(C(=O)NC3CCC(F)(F)CC3)cc2)c1. The molecule has 2 aromatic carbocycles. The molecule has 2 N–H and O–H groups in total. The van der Waals surface area contributed by atoms with E-state index in [1.807, 2.05) is 27.7 Å². The lowest BCUT2D eigenvalue weighted by atomic mass is 9.84. The number of pyridine rings is 1. The van der Waals surface area contributed by atoms with E-state index >= 15 is 0 Å². The van der Waals surface area contributed by atoms with Crippen molar-refractivity contribution >= 4 is 17.5 Å². The zero-order valence-electron chi connectivity index (χ0n) is 23.9. The van der Waals surface area contributed by atoms with Gasteiger partial charge in [0.1, 0.15) is 11.8 Å². The predicted molar refractivity (Wildman–Crippen MR) is 153 cm³/mol. The first-order chi connectivity index (χ1) is 19.3. The summed E-state index contributed by atoms with van der Waals surface area (Å²) < 4.78 is 32.3. The Balaban J connectivity index is 1.53. The van der Waals surface area contributed by atoms with Gasteiger partial charge in [-0.25, -0.2) is 8.78 Å². The van der Waals surface area contributed by atoms with Crippen LogP contribution in [0.1, 0.15) is 84.0 Å². The third kappa shape index (κ3) is 6.88. The maximum Gasteiger partial charge on any atom is 0.259 e. The van der Waals surface area contributed by atoms with E-state index < -0.39 is 11.8 Å². The summed E-state index contributed by atoms with van der Waals surface area (Å²) in [5.41, 5.74) is 4.22. The van der Waals surface area contributed by atoms with E-state index in [2.05, 4.69) is 21.7 Å². The van der Waals surface area contributed by atoms with Gasteiger partial charge in [-0.05, 0) is 66.6 Å². The van der Waals surface area contributed by atoms with Crippen LogP contribution in [0.3, 0.4) is 0 Å². The summed E-state index contributed by atoms with van der Waals surface area (Å²) >= 11 is 0. The minimum atomic E-state index is -2.65. The average molecular weight is 561 g/mol. The van der Waals surface area contributed by atoms with Gasteiger partial charge in [-0.2, -0.15) is 5.26 Å². The highest BCUT2D eigenvalue weighted by Crippen LogP contribution is 2.34. The van der Waals surface area contributed by atoms with Crippen molar-refractivity contribution in [2.24, 2.45) is 0 Å². The van der Waals surface area contributed by atoms with Crippen LogP contribution in [0.15, 0.2) is 48.7 Å². The van der Waals surface area contributed by atoms with Crippen molar-refractivity contribution in [3.63, 3.8) is 0 Å². The number of anilines is 1. The second kappa shape index (κ2) is 11.7. The third-order valence-corrected chi connectivity index (χ3v) is 7.38. The van der Waals surface area contributed by atoms with Crippen LogP contribution in [-0.4, -0.2) is 35.9 Å². The zero-order chi connectivity index (χ0) is 29.9. The van der Waals surface area contributed by atoms with Crippen LogP contribution >= 0.6 is 0 Å². The minimum absolute atomic E-state index is 0.203. The molecular formula is C32H34F2N4O3. The number of carbonyl (C=O) groups excluding carboxylic acids is 2. The highest BCUT2D eigenvalue weighted by atomic mass is 19.3. The molecule has 1 saturated carbocycles. The lowest BCUT2D eigenvalue weighted by Gasteiger charge is -2.28. The van der Waals surface area contributed by atoms with Crippen LogP contribution in [0, 0.1) is 18.3 Å². The van der Waals surface area contributed by atoms with Crippen molar-refractivity contribution < 1.29 is 23.1 Å². The van der Waals surface area contributed by atoms with Gasteiger partial charge in [0.05, 0.1) is 30.1 Å². The highest BCUT2D eigenvalue weighted by molar-refractivity contribution is 6.07. The van der Waals surface area contributed by atoms with E-state index in [0.717, 1.165) is 22.4 Å². The van der Waals surface area contributed by atoms with Gasteiger partial charge in [0.15, 0.2) is 0 Å².